The van der Waals surface area contributed by atoms with Crippen LogP contribution in [0.25, 0.3) is 0 Å². The molecule has 168 valence electrons. The van der Waals surface area contributed by atoms with Gasteiger partial charge >= 0.3 is 0 Å². The second-order valence-electron chi connectivity index (χ2n) is 6.46. The van der Waals surface area contributed by atoms with Gasteiger partial charge in [0.15, 0.2) is 5.16 Å². The second-order valence-corrected chi connectivity index (χ2v) is 10.0. The van der Waals surface area contributed by atoms with Gasteiger partial charge in [0.1, 0.15) is 5.82 Å². The maximum absolute atomic E-state index is 12.4. The number of hydrogen-bond acceptors (Lipinski definition) is 5. The lowest BCUT2D eigenvalue weighted by Crippen LogP contribution is -2.15. The third kappa shape index (κ3) is 6.83. The van der Waals surface area contributed by atoms with Gasteiger partial charge in [-0.1, -0.05) is 76.4 Å². The van der Waals surface area contributed by atoms with Crippen molar-refractivity contribution in [2.45, 2.75) is 23.2 Å². The summed E-state index contributed by atoms with van der Waals surface area (Å²) in [5, 5.41) is 13.9. The van der Waals surface area contributed by atoms with Gasteiger partial charge in [0.25, 0.3) is 0 Å². The number of nitrogens with one attached hydrogen (secondary N) is 1. The predicted molar refractivity (Wildman–Crippen MR) is 137 cm³/mol. The molecule has 0 fully saturated rings. The number of rotatable bonds is 10. The van der Waals surface area contributed by atoms with Gasteiger partial charge < -0.3 is 9.88 Å². The molecule has 0 unspecified atom stereocenters. The van der Waals surface area contributed by atoms with Crippen molar-refractivity contribution < 1.29 is 4.79 Å². The number of carbonyl (C=O) groups is 1. The van der Waals surface area contributed by atoms with Gasteiger partial charge in [-0.05, 0) is 29.8 Å². The Hall–Kier alpha value is -1.35. The van der Waals surface area contributed by atoms with E-state index in [1.807, 2.05) is 16.7 Å². The Morgan fingerprint density at radius 2 is 1.91 bits per heavy atom. The number of allylic oxidation sites excluding steroid dienone is 1. The summed E-state index contributed by atoms with van der Waals surface area (Å²) < 4.78 is 1.94. The van der Waals surface area contributed by atoms with Crippen molar-refractivity contribution in [3.8, 4) is 0 Å². The van der Waals surface area contributed by atoms with Crippen LogP contribution in [0.3, 0.4) is 0 Å². The van der Waals surface area contributed by atoms with Gasteiger partial charge in [0.05, 0.1) is 27.2 Å². The molecule has 11 heteroatoms. The summed E-state index contributed by atoms with van der Waals surface area (Å²) in [4.78, 5) is 12.4. The van der Waals surface area contributed by atoms with Crippen LogP contribution in [-0.4, -0.2) is 26.4 Å². The highest BCUT2D eigenvalue weighted by atomic mass is 35.5. The highest BCUT2D eigenvalue weighted by molar-refractivity contribution is 7.99. The molecule has 2 aromatic carbocycles. The highest BCUT2D eigenvalue weighted by Gasteiger charge is 2.15. The number of benzene rings is 2. The zero-order valence-electron chi connectivity index (χ0n) is 16.7. The molecular formula is C21H18Cl4N4OS2. The number of carbonyl (C=O) groups excluding carboxylic acids is 1. The van der Waals surface area contributed by atoms with E-state index in [1.54, 1.807) is 42.1 Å². The smallest absolute Gasteiger partial charge is 0.234 e. The van der Waals surface area contributed by atoms with Crippen LogP contribution in [0.2, 0.25) is 20.1 Å². The Labute approximate surface area is 214 Å². The van der Waals surface area contributed by atoms with Crippen molar-refractivity contribution in [2.24, 2.45) is 0 Å². The quantitative estimate of drug-likeness (QED) is 0.214. The summed E-state index contributed by atoms with van der Waals surface area (Å²) in [6, 6.07) is 10.5. The number of aromatic nitrogens is 3. The van der Waals surface area contributed by atoms with Gasteiger partial charge in [0.2, 0.25) is 5.91 Å². The second kappa shape index (κ2) is 12.2. The third-order valence-corrected chi connectivity index (χ3v) is 7.52. The molecule has 0 atom stereocenters. The molecule has 0 radical (unpaired) electrons. The first kappa shape index (κ1) is 25.3. The van der Waals surface area contributed by atoms with Crippen LogP contribution in [0.15, 0.2) is 54.2 Å². The largest absolute Gasteiger partial charge is 0.324 e. The molecule has 3 rings (SSSR count). The first-order valence-corrected chi connectivity index (χ1v) is 13.0. The molecule has 0 aliphatic heterocycles. The zero-order valence-corrected chi connectivity index (χ0v) is 21.3. The molecule has 3 aromatic rings. The fraction of sp³-hybridized carbons (Fsp3) is 0.190. The van der Waals surface area contributed by atoms with Crippen LogP contribution < -0.4 is 5.32 Å². The van der Waals surface area contributed by atoms with Crippen LogP contribution in [0.5, 0.6) is 0 Å². The number of hydrogen-bond donors (Lipinski definition) is 1. The van der Waals surface area contributed by atoms with E-state index < -0.39 is 0 Å². The summed E-state index contributed by atoms with van der Waals surface area (Å²) in [5.41, 5.74) is 1.47. The summed E-state index contributed by atoms with van der Waals surface area (Å²) in [7, 11) is 0. The van der Waals surface area contributed by atoms with Gasteiger partial charge in [-0.25, -0.2) is 0 Å². The lowest BCUT2D eigenvalue weighted by molar-refractivity contribution is -0.113. The molecule has 0 bridgehead atoms. The van der Waals surface area contributed by atoms with Crippen LogP contribution >= 0.6 is 69.9 Å². The standard InChI is InChI=1S/C21H18Cl4N4OS2/c1-2-8-29-18(11-31-10-13-6-7-14(22)9-16(13)24)27-28-21(29)32-12-19(30)26-17-5-3-4-15(23)20(17)25/h2-7,9H,1,8,10-12H2,(H,26,30). The Morgan fingerprint density at radius 3 is 2.66 bits per heavy atom. The summed E-state index contributed by atoms with van der Waals surface area (Å²) in [5.74, 6) is 2.06. The molecular weight excluding hydrogens is 530 g/mol. The van der Waals surface area contributed by atoms with Crippen molar-refractivity contribution in [2.75, 3.05) is 11.1 Å². The average molecular weight is 548 g/mol. The van der Waals surface area contributed by atoms with Crippen LogP contribution in [-0.2, 0) is 22.8 Å². The maximum Gasteiger partial charge on any atom is 0.234 e. The van der Waals surface area contributed by atoms with Gasteiger partial charge in [-0.2, -0.15) is 0 Å². The first-order valence-electron chi connectivity index (χ1n) is 9.30. The minimum absolute atomic E-state index is 0.144. The molecule has 5 nitrogen and oxygen atoms in total. The van der Waals surface area contributed by atoms with E-state index in [4.69, 9.17) is 46.4 Å². The third-order valence-electron chi connectivity index (χ3n) is 4.17. The lowest BCUT2D eigenvalue weighted by Gasteiger charge is -2.09. The van der Waals surface area contributed by atoms with Gasteiger partial charge in [-0.15, -0.1) is 28.5 Å². The Morgan fingerprint density at radius 1 is 1.09 bits per heavy atom. The van der Waals surface area contributed by atoms with Crippen molar-refractivity contribution in [1.82, 2.24) is 14.8 Å². The monoisotopic (exact) mass is 546 g/mol. The molecule has 1 aromatic heterocycles. The average Bonchev–Trinajstić information content (AvgIpc) is 3.13. The van der Waals surface area contributed by atoms with Crippen LogP contribution in [0.1, 0.15) is 11.4 Å². The number of anilines is 1. The molecule has 1 N–H and O–H groups in total. The maximum atomic E-state index is 12.4. The fourth-order valence-electron chi connectivity index (χ4n) is 2.65. The van der Waals surface area contributed by atoms with E-state index in [0.717, 1.165) is 11.4 Å². The topological polar surface area (TPSA) is 59.8 Å². The minimum Gasteiger partial charge on any atom is -0.324 e. The molecule has 0 spiro atoms. The van der Waals surface area contributed by atoms with E-state index >= 15 is 0 Å². The molecule has 32 heavy (non-hydrogen) atoms. The van der Waals surface area contributed by atoms with E-state index in [9.17, 15) is 4.79 Å². The highest BCUT2D eigenvalue weighted by Crippen LogP contribution is 2.30. The van der Waals surface area contributed by atoms with Gasteiger partial charge in [-0.3, -0.25) is 4.79 Å². The summed E-state index contributed by atoms with van der Waals surface area (Å²) in [6.45, 7) is 4.34. The Balaban J connectivity index is 1.59. The van der Waals surface area contributed by atoms with Crippen molar-refractivity contribution in [1.29, 1.82) is 0 Å². The van der Waals surface area contributed by atoms with Crippen molar-refractivity contribution >= 4 is 81.5 Å². The summed E-state index contributed by atoms with van der Waals surface area (Å²) in [6.07, 6.45) is 1.77. The van der Waals surface area contributed by atoms with Crippen LogP contribution in [0.4, 0.5) is 5.69 Å². The summed E-state index contributed by atoms with van der Waals surface area (Å²) >= 11 is 27.3. The fourth-order valence-corrected chi connectivity index (χ4v) is 5.29. The normalized spacial score (nSPS) is 10.9. The number of nitrogens with zero attached hydrogens (tertiary/aromatic N) is 3. The molecule has 0 aliphatic carbocycles. The molecule has 1 heterocycles. The van der Waals surface area contributed by atoms with E-state index in [-0.39, 0.29) is 11.7 Å². The minimum atomic E-state index is -0.222. The van der Waals surface area contributed by atoms with Gasteiger partial charge in [0, 0.05) is 22.3 Å². The van der Waals surface area contributed by atoms with Crippen molar-refractivity contribution in [3.63, 3.8) is 0 Å². The molecule has 0 aliphatic rings. The molecule has 0 saturated heterocycles. The number of halogens is 4. The number of thioether (sulfide) groups is 2. The molecule has 1 amide bonds. The van der Waals surface area contributed by atoms with E-state index in [1.165, 1.54) is 11.8 Å². The number of amides is 1. The van der Waals surface area contributed by atoms with E-state index in [0.29, 0.717) is 49.0 Å². The lowest BCUT2D eigenvalue weighted by atomic mass is 10.2. The van der Waals surface area contributed by atoms with E-state index in [2.05, 4.69) is 22.1 Å². The van der Waals surface area contributed by atoms with Crippen LogP contribution in [0, 0.1) is 0 Å². The SMILES string of the molecule is C=CCn1c(CSCc2ccc(Cl)cc2Cl)nnc1SCC(=O)Nc1cccc(Cl)c1Cl. The zero-order chi connectivity index (χ0) is 23.1. The Kier molecular flexibility index (Phi) is 9.64. The van der Waals surface area contributed by atoms with Crippen molar-refractivity contribution in [3.05, 3.63) is 80.5 Å². The Bertz CT molecular complexity index is 1120. The molecule has 0 saturated carbocycles. The first-order chi connectivity index (χ1) is 15.4. The predicted octanol–water partition coefficient (Wildman–Crippen LogP) is 7.24.